The molecule has 0 radical (unpaired) electrons. The number of halogens is 3. The third-order valence-electron chi connectivity index (χ3n) is 8.23. The van der Waals surface area contributed by atoms with Crippen LogP contribution in [0.2, 0.25) is 10.2 Å². The monoisotopic (exact) mass is 568 g/mol. The van der Waals surface area contributed by atoms with Gasteiger partial charge in [-0.05, 0) is 49.2 Å². The Morgan fingerprint density at radius 2 is 2.05 bits per heavy atom. The molecule has 4 heterocycles. The lowest BCUT2D eigenvalue weighted by atomic mass is 9.73. The molecule has 39 heavy (non-hydrogen) atoms. The van der Waals surface area contributed by atoms with Gasteiger partial charge in [0.05, 0.1) is 12.6 Å². The Morgan fingerprint density at radius 3 is 2.82 bits per heavy atom. The molecule has 7 nitrogen and oxygen atoms in total. The highest BCUT2D eigenvalue weighted by molar-refractivity contribution is 6.31. The third-order valence-corrected chi connectivity index (χ3v) is 8.73. The smallest absolute Gasteiger partial charge is 0.250 e. The van der Waals surface area contributed by atoms with Gasteiger partial charge >= 0.3 is 0 Å². The first kappa shape index (κ1) is 26.0. The first-order valence-corrected chi connectivity index (χ1v) is 13.7. The average Bonchev–Trinajstić information content (AvgIpc) is 3.53. The maximum Gasteiger partial charge on any atom is 0.250 e. The Balaban J connectivity index is 1.61. The van der Waals surface area contributed by atoms with Crippen LogP contribution in [0.25, 0.3) is 0 Å². The minimum atomic E-state index is -1.34. The molecule has 2 saturated heterocycles. The van der Waals surface area contributed by atoms with Gasteiger partial charge in [-0.2, -0.15) is 0 Å². The van der Waals surface area contributed by atoms with E-state index in [1.807, 2.05) is 37.3 Å². The fraction of sp³-hybridized carbons (Fsp3) is 0.345. The summed E-state index contributed by atoms with van der Waals surface area (Å²) in [6.07, 6.45) is 2.07. The van der Waals surface area contributed by atoms with Crippen LogP contribution >= 0.6 is 23.2 Å². The van der Waals surface area contributed by atoms with Gasteiger partial charge in [0.1, 0.15) is 11.3 Å². The number of nitrogens with zero attached hydrogens (tertiary/aromatic N) is 3. The highest BCUT2D eigenvalue weighted by Gasteiger charge is 2.69. The number of pyridine rings is 1. The highest BCUT2D eigenvalue weighted by Crippen LogP contribution is 2.61. The number of hydrogen-bond donors (Lipinski definition) is 1. The summed E-state index contributed by atoms with van der Waals surface area (Å²) >= 11 is 12.5. The van der Waals surface area contributed by atoms with E-state index in [0.29, 0.717) is 42.4 Å². The molecule has 1 unspecified atom stereocenters. The first-order chi connectivity index (χ1) is 18.8. The van der Waals surface area contributed by atoms with Crippen molar-refractivity contribution < 1.29 is 18.7 Å². The predicted molar refractivity (Wildman–Crippen MR) is 146 cm³/mol. The number of hydrogen-bond acceptors (Lipinski definition) is 5. The fourth-order valence-corrected chi connectivity index (χ4v) is 7.24. The van der Waals surface area contributed by atoms with Gasteiger partial charge in [-0.15, -0.1) is 0 Å². The second-order valence-corrected chi connectivity index (χ2v) is 11.0. The largest absolute Gasteiger partial charge is 0.494 e. The van der Waals surface area contributed by atoms with Gasteiger partial charge in [0.25, 0.3) is 0 Å². The number of fused-ring (bicyclic) bond motifs is 3. The number of likely N-dealkylation sites (tertiary alicyclic amines) is 2. The van der Waals surface area contributed by atoms with Gasteiger partial charge in [-0.3, -0.25) is 14.5 Å². The van der Waals surface area contributed by atoms with Crippen LogP contribution in [-0.4, -0.2) is 51.8 Å². The van der Waals surface area contributed by atoms with Crippen LogP contribution in [0.4, 0.5) is 10.1 Å². The van der Waals surface area contributed by atoms with Crippen LogP contribution in [0.15, 0.2) is 54.7 Å². The number of carbonyl (C=O) groups is 2. The van der Waals surface area contributed by atoms with E-state index in [1.54, 1.807) is 23.1 Å². The summed E-state index contributed by atoms with van der Waals surface area (Å²) in [5.41, 5.74) is 1.11. The molecule has 1 N–H and O–H groups in total. The Morgan fingerprint density at radius 1 is 1.23 bits per heavy atom. The van der Waals surface area contributed by atoms with E-state index in [0.717, 1.165) is 11.3 Å². The molecule has 2 amide bonds. The van der Waals surface area contributed by atoms with E-state index >= 15 is 4.39 Å². The average molecular weight is 569 g/mol. The standard InChI is InChI=1S/C29H27Cl2FN4O3/c1-3-39-19-6-4-5-17(13-19)15-36-23-10-12-35(16(2)37)26(23)24(20-9-11-33-27(31)25(20)32)29(36)21-8-7-18(30)14-22(21)34-28(29)38/h4-9,11,13-14,23-24,26H,3,10,12,15H2,1-2H3,(H,34,38)/t23-,24-,26?,29+/m0/s1. The molecule has 0 bridgehead atoms. The molecular formula is C29H27Cl2FN4O3. The van der Waals surface area contributed by atoms with E-state index in [1.165, 1.54) is 13.1 Å². The molecule has 2 fully saturated rings. The van der Waals surface area contributed by atoms with Crippen molar-refractivity contribution in [1.82, 2.24) is 14.8 Å². The fourth-order valence-electron chi connectivity index (χ4n) is 6.90. The van der Waals surface area contributed by atoms with Crippen LogP contribution < -0.4 is 10.1 Å². The Bertz CT molecular complexity index is 1490. The molecular weight excluding hydrogens is 542 g/mol. The summed E-state index contributed by atoms with van der Waals surface area (Å²) in [4.78, 5) is 35.1. The molecule has 6 rings (SSSR count). The lowest BCUT2D eigenvalue weighted by Crippen LogP contribution is -2.52. The zero-order valence-corrected chi connectivity index (χ0v) is 23.0. The van der Waals surface area contributed by atoms with Crippen molar-refractivity contribution in [3.63, 3.8) is 0 Å². The number of aromatic nitrogens is 1. The quantitative estimate of drug-likeness (QED) is 0.419. The maximum absolute atomic E-state index is 15.8. The van der Waals surface area contributed by atoms with Crippen molar-refractivity contribution in [1.29, 1.82) is 0 Å². The van der Waals surface area contributed by atoms with Crippen LogP contribution in [0.5, 0.6) is 5.75 Å². The van der Waals surface area contributed by atoms with Crippen molar-refractivity contribution in [2.45, 2.75) is 50.4 Å². The molecule has 4 atom stereocenters. The van der Waals surface area contributed by atoms with E-state index in [2.05, 4.69) is 15.2 Å². The molecule has 0 aliphatic carbocycles. The van der Waals surface area contributed by atoms with Crippen molar-refractivity contribution >= 4 is 40.7 Å². The Kier molecular flexibility index (Phi) is 6.52. The molecule has 1 spiro atoms. The molecule has 10 heteroatoms. The number of nitrogens with one attached hydrogen (secondary N) is 1. The molecule has 3 aliphatic heterocycles. The molecule has 0 saturated carbocycles. The maximum atomic E-state index is 15.8. The third kappa shape index (κ3) is 3.91. The lowest BCUT2D eigenvalue weighted by Gasteiger charge is -2.40. The van der Waals surface area contributed by atoms with Crippen LogP contribution in [0.1, 0.15) is 42.9 Å². The van der Waals surface area contributed by atoms with Crippen LogP contribution in [0, 0.1) is 5.82 Å². The minimum absolute atomic E-state index is 0.127. The first-order valence-electron chi connectivity index (χ1n) is 12.9. The minimum Gasteiger partial charge on any atom is -0.494 e. The number of amides is 2. The van der Waals surface area contributed by atoms with Crippen LogP contribution in [-0.2, 0) is 21.7 Å². The Labute approximate surface area is 235 Å². The second kappa shape index (κ2) is 9.77. The normalized spacial score (nSPS) is 25.6. The van der Waals surface area contributed by atoms with Gasteiger partial charge in [0.15, 0.2) is 11.0 Å². The summed E-state index contributed by atoms with van der Waals surface area (Å²) in [5.74, 6) is -1.14. The van der Waals surface area contributed by atoms with E-state index in [-0.39, 0.29) is 28.6 Å². The van der Waals surface area contributed by atoms with Gasteiger partial charge in [0, 0.05) is 60.0 Å². The molecule has 2 aromatic carbocycles. The summed E-state index contributed by atoms with van der Waals surface area (Å²) in [6, 6.07) is 13.9. The van der Waals surface area contributed by atoms with Gasteiger partial charge in [-0.25, -0.2) is 9.37 Å². The number of rotatable bonds is 5. The topological polar surface area (TPSA) is 74.8 Å². The number of ether oxygens (including phenoxy) is 1. The zero-order chi connectivity index (χ0) is 27.5. The summed E-state index contributed by atoms with van der Waals surface area (Å²) in [5, 5.41) is 3.22. The van der Waals surface area contributed by atoms with Crippen molar-refractivity contribution in [3.05, 3.63) is 87.4 Å². The van der Waals surface area contributed by atoms with E-state index in [4.69, 9.17) is 27.9 Å². The summed E-state index contributed by atoms with van der Waals surface area (Å²) < 4.78 is 21.6. The number of anilines is 1. The molecule has 202 valence electrons. The number of benzene rings is 2. The summed E-state index contributed by atoms with van der Waals surface area (Å²) in [7, 11) is 0. The SMILES string of the molecule is CCOc1cccc(CN2[C@H]3CCN(C(C)=O)C3[C@H](c3ccnc(Cl)c3F)[C@]23C(=O)Nc2cc(Cl)ccc23)c1. The van der Waals surface area contributed by atoms with Crippen molar-refractivity contribution in [2.75, 3.05) is 18.5 Å². The second-order valence-electron chi connectivity index (χ2n) is 10.2. The Hall–Kier alpha value is -3.20. The van der Waals surface area contributed by atoms with Gasteiger partial charge in [-0.1, -0.05) is 41.4 Å². The molecule has 3 aliphatic rings. The van der Waals surface area contributed by atoms with Gasteiger partial charge < -0.3 is 15.0 Å². The van der Waals surface area contributed by atoms with Crippen LogP contribution in [0.3, 0.4) is 0 Å². The van der Waals surface area contributed by atoms with Gasteiger partial charge in [0.2, 0.25) is 11.8 Å². The number of carbonyl (C=O) groups excluding carboxylic acids is 2. The zero-order valence-electron chi connectivity index (χ0n) is 21.5. The molecule has 1 aromatic heterocycles. The summed E-state index contributed by atoms with van der Waals surface area (Å²) in [6.45, 7) is 4.84. The van der Waals surface area contributed by atoms with E-state index in [9.17, 15) is 9.59 Å². The predicted octanol–water partition coefficient (Wildman–Crippen LogP) is 5.36. The van der Waals surface area contributed by atoms with Crippen molar-refractivity contribution in [3.8, 4) is 5.75 Å². The molecule has 3 aromatic rings. The lowest BCUT2D eigenvalue weighted by molar-refractivity contribution is -0.132. The highest BCUT2D eigenvalue weighted by atomic mass is 35.5. The van der Waals surface area contributed by atoms with E-state index < -0.39 is 23.3 Å². The van der Waals surface area contributed by atoms with Crippen molar-refractivity contribution in [2.24, 2.45) is 0 Å².